The molecule has 0 spiro atoms. The van der Waals surface area contributed by atoms with Crippen LogP contribution in [0.1, 0.15) is 6.92 Å². The van der Waals surface area contributed by atoms with Gasteiger partial charge in [-0.3, -0.25) is 4.90 Å². The van der Waals surface area contributed by atoms with Gasteiger partial charge in [0.05, 0.1) is 12.7 Å². The fourth-order valence-electron chi connectivity index (χ4n) is 2.48. The standard InChI is InChI=1S/C15H24N2O3/c1-2-20-12-15(19)11-16-6-8-17(9-7-16)13-4-3-5-14(18)10-13/h3-5,10,15,18-19H,2,6-9,11-12H2,1H3. The number of hydrogen-bond acceptors (Lipinski definition) is 5. The molecular formula is C15H24N2O3. The fourth-order valence-corrected chi connectivity index (χ4v) is 2.48. The van der Waals surface area contributed by atoms with Gasteiger partial charge in [0.2, 0.25) is 0 Å². The van der Waals surface area contributed by atoms with E-state index >= 15 is 0 Å². The number of benzene rings is 1. The number of piperazine rings is 1. The summed E-state index contributed by atoms with van der Waals surface area (Å²) in [7, 11) is 0. The lowest BCUT2D eigenvalue weighted by atomic mass is 10.2. The van der Waals surface area contributed by atoms with E-state index in [2.05, 4.69) is 9.80 Å². The summed E-state index contributed by atoms with van der Waals surface area (Å²) in [6.45, 7) is 7.29. The van der Waals surface area contributed by atoms with Gasteiger partial charge in [-0.25, -0.2) is 0 Å². The van der Waals surface area contributed by atoms with Gasteiger partial charge in [0.15, 0.2) is 0 Å². The van der Waals surface area contributed by atoms with Crippen LogP contribution in [0.5, 0.6) is 5.75 Å². The maximum Gasteiger partial charge on any atom is 0.117 e. The number of phenols is 1. The van der Waals surface area contributed by atoms with E-state index in [1.165, 1.54) is 0 Å². The molecule has 0 saturated carbocycles. The van der Waals surface area contributed by atoms with Crippen LogP contribution in [0.25, 0.3) is 0 Å². The molecule has 1 aliphatic rings. The summed E-state index contributed by atoms with van der Waals surface area (Å²) in [5.41, 5.74) is 1.06. The van der Waals surface area contributed by atoms with Gasteiger partial charge in [-0.15, -0.1) is 0 Å². The highest BCUT2D eigenvalue weighted by Crippen LogP contribution is 2.21. The highest BCUT2D eigenvalue weighted by molar-refractivity contribution is 5.50. The van der Waals surface area contributed by atoms with Gasteiger partial charge in [0.25, 0.3) is 0 Å². The molecule has 1 fully saturated rings. The van der Waals surface area contributed by atoms with Crippen molar-refractivity contribution in [3.63, 3.8) is 0 Å². The molecule has 0 amide bonds. The molecule has 2 N–H and O–H groups in total. The molecule has 1 saturated heterocycles. The van der Waals surface area contributed by atoms with Crippen molar-refractivity contribution in [2.75, 3.05) is 50.8 Å². The molecular weight excluding hydrogens is 256 g/mol. The average molecular weight is 280 g/mol. The van der Waals surface area contributed by atoms with Crippen molar-refractivity contribution in [2.45, 2.75) is 13.0 Å². The molecule has 1 aromatic rings. The molecule has 20 heavy (non-hydrogen) atoms. The summed E-state index contributed by atoms with van der Waals surface area (Å²) in [5.74, 6) is 0.303. The zero-order valence-corrected chi connectivity index (χ0v) is 12.0. The predicted molar refractivity (Wildman–Crippen MR) is 79.3 cm³/mol. The fraction of sp³-hybridized carbons (Fsp3) is 0.600. The quantitative estimate of drug-likeness (QED) is 0.811. The number of aliphatic hydroxyl groups excluding tert-OH is 1. The Labute approximate surface area is 120 Å². The zero-order chi connectivity index (χ0) is 14.4. The van der Waals surface area contributed by atoms with E-state index in [9.17, 15) is 10.2 Å². The van der Waals surface area contributed by atoms with Gasteiger partial charge < -0.3 is 19.8 Å². The molecule has 1 atom stereocenters. The average Bonchev–Trinajstić information content (AvgIpc) is 2.46. The summed E-state index contributed by atoms with van der Waals surface area (Å²) < 4.78 is 5.23. The maximum atomic E-state index is 9.84. The topological polar surface area (TPSA) is 56.2 Å². The van der Waals surface area contributed by atoms with E-state index in [1.54, 1.807) is 12.1 Å². The Balaban J connectivity index is 1.77. The van der Waals surface area contributed by atoms with Crippen LogP contribution >= 0.6 is 0 Å². The van der Waals surface area contributed by atoms with Crippen LogP contribution in [0.3, 0.4) is 0 Å². The van der Waals surface area contributed by atoms with Crippen molar-refractivity contribution >= 4 is 5.69 Å². The third-order valence-corrected chi connectivity index (χ3v) is 3.55. The van der Waals surface area contributed by atoms with E-state index in [4.69, 9.17) is 4.74 Å². The normalized spacial score (nSPS) is 18.2. The molecule has 5 nitrogen and oxygen atoms in total. The van der Waals surface area contributed by atoms with Crippen molar-refractivity contribution < 1.29 is 14.9 Å². The minimum absolute atomic E-state index is 0.303. The van der Waals surface area contributed by atoms with Crippen molar-refractivity contribution in [1.82, 2.24) is 4.90 Å². The molecule has 1 unspecified atom stereocenters. The lowest BCUT2D eigenvalue weighted by Gasteiger charge is -2.36. The maximum absolute atomic E-state index is 9.84. The third-order valence-electron chi connectivity index (χ3n) is 3.55. The van der Waals surface area contributed by atoms with E-state index in [0.717, 1.165) is 31.9 Å². The first-order valence-electron chi connectivity index (χ1n) is 7.21. The molecule has 1 aliphatic heterocycles. The van der Waals surface area contributed by atoms with E-state index in [1.807, 2.05) is 19.1 Å². The second-order valence-corrected chi connectivity index (χ2v) is 5.12. The Kier molecular flexibility index (Phi) is 5.64. The number of nitrogens with zero attached hydrogens (tertiary/aromatic N) is 2. The van der Waals surface area contributed by atoms with Gasteiger partial charge in [-0.05, 0) is 19.1 Å². The molecule has 5 heteroatoms. The van der Waals surface area contributed by atoms with Gasteiger partial charge >= 0.3 is 0 Å². The second-order valence-electron chi connectivity index (χ2n) is 5.12. The molecule has 112 valence electrons. The Morgan fingerprint density at radius 1 is 1.25 bits per heavy atom. The van der Waals surface area contributed by atoms with Crippen molar-refractivity contribution in [1.29, 1.82) is 0 Å². The largest absolute Gasteiger partial charge is 0.508 e. The lowest BCUT2D eigenvalue weighted by Crippen LogP contribution is -2.49. The second kappa shape index (κ2) is 7.47. The van der Waals surface area contributed by atoms with E-state index in [0.29, 0.717) is 25.5 Å². The summed E-state index contributed by atoms with van der Waals surface area (Å²) in [6.07, 6.45) is -0.415. The first kappa shape index (κ1) is 15.1. The predicted octanol–water partition coefficient (Wildman–Crippen LogP) is 0.912. The third kappa shape index (κ3) is 4.37. The van der Waals surface area contributed by atoms with Crippen LogP contribution in [0.4, 0.5) is 5.69 Å². The van der Waals surface area contributed by atoms with Crippen LogP contribution < -0.4 is 4.90 Å². The van der Waals surface area contributed by atoms with Crippen molar-refractivity contribution in [3.8, 4) is 5.75 Å². The SMILES string of the molecule is CCOCC(O)CN1CCN(c2cccc(O)c2)CC1. The minimum Gasteiger partial charge on any atom is -0.508 e. The number of aliphatic hydroxyl groups is 1. The van der Waals surface area contributed by atoms with Crippen LogP contribution in [-0.2, 0) is 4.74 Å². The van der Waals surface area contributed by atoms with Gasteiger partial charge in [-0.1, -0.05) is 6.07 Å². The number of phenolic OH excluding ortho intramolecular Hbond substituents is 1. The lowest BCUT2D eigenvalue weighted by molar-refractivity contribution is 0.0202. The number of rotatable bonds is 6. The zero-order valence-electron chi connectivity index (χ0n) is 12.0. The Morgan fingerprint density at radius 2 is 2.00 bits per heavy atom. The van der Waals surface area contributed by atoms with Crippen molar-refractivity contribution in [2.24, 2.45) is 0 Å². The summed E-state index contributed by atoms with van der Waals surface area (Å²) >= 11 is 0. The first-order chi connectivity index (χ1) is 9.69. The highest BCUT2D eigenvalue weighted by Gasteiger charge is 2.19. The molecule has 0 aromatic heterocycles. The van der Waals surface area contributed by atoms with Gasteiger partial charge in [-0.2, -0.15) is 0 Å². The molecule has 1 heterocycles. The highest BCUT2D eigenvalue weighted by atomic mass is 16.5. The molecule has 2 rings (SSSR count). The Hall–Kier alpha value is -1.30. The first-order valence-corrected chi connectivity index (χ1v) is 7.21. The van der Waals surface area contributed by atoms with Gasteiger partial charge in [0, 0.05) is 51.1 Å². The van der Waals surface area contributed by atoms with Crippen LogP contribution in [-0.4, -0.2) is 67.2 Å². The Bertz CT molecular complexity index is 406. The number of aromatic hydroxyl groups is 1. The van der Waals surface area contributed by atoms with Crippen LogP contribution in [0.15, 0.2) is 24.3 Å². The summed E-state index contributed by atoms with van der Waals surface area (Å²) in [5, 5.41) is 19.4. The Morgan fingerprint density at radius 3 is 2.65 bits per heavy atom. The molecule has 1 aromatic carbocycles. The number of hydrogen-bond donors (Lipinski definition) is 2. The van der Waals surface area contributed by atoms with Gasteiger partial charge in [0.1, 0.15) is 5.75 Å². The van der Waals surface area contributed by atoms with Crippen molar-refractivity contribution in [3.05, 3.63) is 24.3 Å². The number of ether oxygens (including phenoxy) is 1. The van der Waals surface area contributed by atoms with Crippen LogP contribution in [0.2, 0.25) is 0 Å². The number of β-amino-alcohol motifs (C(OH)–C–C–N with tert-alkyl or cyclic N) is 1. The molecule has 0 radical (unpaired) electrons. The monoisotopic (exact) mass is 280 g/mol. The minimum atomic E-state index is -0.415. The number of anilines is 1. The van der Waals surface area contributed by atoms with Crippen LogP contribution in [0, 0.1) is 0 Å². The smallest absolute Gasteiger partial charge is 0.117 e. The van der Waals surface area contributed by atoms with E-state index in [-0.39, 0.29) is 0 Å². The molecule has 0 bridgehead atoms. The van der Waals surface area contributed by atoms with E-state index < -0.39 is 6.10 Å². The summed E-state index contributed by atoms with van der Waals surface area (Å²) in [6, 6.07) is 7.35. The summed E-state index contributed by atoms with van der Waals surface area (Å²) in [4.78, 5) is 4.51. The molecule has 0 aliphatic carbocycles.